The minimum Gasteiger partial charge on any atom is -0.333 e. The highest BCUT2D eigenvalue weighted by molar-refractivity contribution is 7.98. The summed E-state index contributed by atoms with van der Waals surface area (Å²) in [5.41, 5.74) is 4.50. The van der Waals surface area contributed by atoms with E-state index >= 15 is 0 Å². The predicted molar refractivity (Wildman–Crippen MR) is 77.2 cm³/mol. The first-order valence-corrected chi connectivity index (χ1v) is 7.57. The Bertz CT molecular complexity index is 684. The van der Waals surface area contributed by atoms with Gasteiger partial charge in [-0.25, -0.2) is 9.97 Å². The second kappa shape index (κ2) is 4.74. The van der Waals surface area contributed by atoms with Crippen molar-refractivity contribution in [2.75, 3.05) is 0 Å². The van der Waals surface area contributed by atoms with E-state index in [1.54, 1.807) is 23.1 Å². The molecule has 0 spiro atoms. The van der Waals surface area contributed by atoms with Gasteiger partial charge in [0.15, 0.2) is 5.16 Å². The van der Waals surface area contributed by atoms with E-state index in [2.05, 4.69) is 45.5 Å². The number of nitrogens with zero attached hydrogens (tertiary/aromatic N) is 2. The number of imidazole rings is 1. The molecule has 0 fully saturated rings. The average Bonchev–Trinajstić information content (AvgIpc) is 2.92. The monoisotopic (exact) mass is 275 g/mol. The fourth-order valence-electron chi connectivity index (χ4n) is 1.79. The number of hydrogen-bond acceptors (Lipinski definition) is 4. The zero-order valence-electron chi connectivity index (χ0n) is 10.2. The molecule has 0 radical (unpaired) electrons. The van der Waals surface area contributed by atoms with Gasteiger partial charge in [-0.3, -0.25) is 0 Å². The number of thiazole rings is 1. The van der Waals surface area contributed by atoms with Crippen LogP contribution < -0.4 is 0 Å². The molecule has 3 aromatic rings. The van der Waals surface area contributed by atoms with Crippen molar-refractivity contribution in [1.29, 1.82) is 0 Å². The van der Waals surface area contributed by atoms with Gasteiger partial charge in [0.25, 0.3) is 0 Å². The number of aryl methyl sites for hydroxylation is 2. The van der Waals surface area contributed by atoms with Gasteiger partial charge >= 0.3 is 0 Å². The smallest absolute Gasteiger partial charge is 0.166 e. The van der Waals surface area contributed by atoms with Crippen LogP contribution in [0.25, 0.3) is 11.0 Å². The van der Waals surface area contributed by atoms with Crippen molar-refractivity contribution >= 4 is 34.1 Å². The second-order valence-electron chi connectivity index (χ2n) is 4.21. The van der Waals surface area contributed by atoms with Gasteiger partial charge in [0, 0.05) is 11.1 Å². The molecule has 0 aliphatic heterocycles. The maximum absolute atomic E-state index is 4.56. The summed E-state index contributed by atoms with van der Waals surface area (Å²) in [5, 5.41) is 4.18. The molecule has 0 unspecified atom stereocenters. The molecule has 0 saturated heterocycles. The molecular formula is C13H13N3S2. The molecule has 18 heavy (non-hydrogen) atoms. The minimum absolute atomic E-state index is 0.864. The van der Waals surface area contributed by atoms with Gasteiger partial charge in [0.1, 0.15) is 0 Å². The lowest BCUT2D eigenvalue weighted by molar-refractivity contribution is 1.07. The Balaban J connectivity index is 1.78. The molecule has 5 heteroatoms. The van der Waals surface area contributed by atoms with Crippen LogP contribution in [0, 0.1) is 13.8 Å². The number of hydrogen-bond donors (Lipinski definition) is 1. The maximum atomic E-state index is 4.56. The van der Waals surface area contributed by atoms with E-state index in [9.17, 15) is 0 Å². The summed E-state index contributed by atoms with van der Waals surface area (Å²) in [6.07, 6.45) is 0. The Morgan fingerprint density at radius 1 is 1.28 bits per heavy atom. The lowest BCUT2D eigenvalue weighted by Crippen LogP contribution is -1.81. The molecule has 1 N–H and O–H groups in total. The number of benzene rings is 1. The molecule has 0 amide bonds. The fraction of sp³-hybridized carbons (Fsp3) is 0.231. The van der Waals surface area contributed by atoms with Crippen molar-refractivity contribution in [2.45, 2.75) is 24.8 Å². The largest absolute Gasteiger partial charge is 0.333 e. The van der Waals surface area contributed by atoms with E-state index in [-0.39, 0.29) is 0 Å². The Hall–Kier alpha value is -1.33. The van der Waals surface area contributed by atoms with Crippen LogP contribution in [0.4, 0.5) is 0 Å². The van der Waals surface area contributed by atoms with Gasteiger partial charge in [0.2, 0.25) is 0 Å². The number of fused-ring (bicyclic) bond motifs is 1. The maximum Gasteiger partial charge on any atom is 0.166 e. The van der Waals surface area contributed by atoms with Crippen LogP contribution in [-0.4, -0.2) is 15.0 Å². The predicted octanol–water partition coefficient (Wildman–Crippen LogP) is 3.93. The number of nitrogens with one attached hydrogen (secondary N) is 1. The summed E-state index contributed by atoms with van der Waals surface area (Å²) in [5.74, 6) is 0.864. The van der Waals surface area contributed by atoms with Crippen molar-refractivity contribution < 1.29 is 0 Å². The molecule has 2 heterocycles. The number of aromatic nitrogens is 3. The molecule has 0 bridgehead atoms. The molecular weight excluding hydrogens is 262 g/mol. The number of rotatable bonds is 3. The molecule has 0 atom stereocenters. The molecule has 3 rings (SSSR count). The Morgan fingerprint density at radius 3 is 2.94 bits per heavy atom. The highest BCUT2D eigenvalue weighted by Gasteiger charge is 2.05. The molecule has 2 aromatic heterocycles. The number of thioether (sulfide) groups is 1. The van der Waals surface area contributed by atoms with Gasteiger partial charge in [0.05, 0.1) is 21.7 Å². The standard InChI is InChI=1S/C13H13N3S2/c1-8-3-4-11-12(5-8)16-13(15-11)18-7-10-6-17-9(2)14-10/h3-6H,7H2,1-2H3,(H,15,16). The van der Waals surface area contributed by atoms with E-state index in [1.165, 1.54) is 5.56 Å². The van der Waals surface area contributed by atoms with Gasteiger partial charge in [-0.2, -0.15) is 0 Å². The zero-order chi connectivity index (χ0) is 12.5. The highest BCUT2D eigenvalue weighted by Crippen LogP contribution is 2.24. The topological polar surface area (TPSA) is 41.6 Å². The second-order valence-corrected chi connectivity index (χ2v) is 6.24. The third-order valence-electron chi connectivity index (χ3n) is 2.64. The van der Waals surface area contributed by atoms with Crippen molar-refractivity contribution in [2.24, 2.45) is 0 Å². The van der Waals surface area contributed by atoms with Crippen molar-refractivity contribution in [3.8, 4) is 0 Å². The van der Waals surface area contributed by atoms with Crippen LogP contribution >= 0.6 is 23.1 Å². The van der Waals surface area contributed by atoms with Gasteiger partial charge in [-0.1, -0.05) is 17.8 Å². The van der Waals surface area contributed by atoms with Crippen LogP contribution in [0.15, 0.2) is 28.7 Å². The summed E-state index contributed by atoms with van der Waals surface area (Å²) in [6, 6.07) is 6.26. The first-order valence-electron chi connectivity index (χ1n) is 5.71. The Morgan fingerprint density at radius 2 is 2.17 bits per heavy atom. The summed E-state index contributed by atoms with van der Waals surface area (Å²) in [7, 11) is 0. The minimum atomic E-state index is 0.864. The molecule has 0 aliphatic carbocycles. The summed E-state index contributed by atoms with van der Waals surface area (Å²) in [6.45, 7) is 4.12. The molecule has 3 nitrogen and oxygen atoms in total. The van der Waals surface area contributed by atoms with Gasteiger partial charge in [-0.15, -0.1) is 11.3 Å². The quantitative estimate of drug-likeness (QED) is 0.736. The number of H-pyrrole nitrogens is 1. The normalized spacial score (nSPS) is 11.2. The van der Waals surface area contributed by atoms with E-state index in [0.29, 0.717) is 0 Å². The van der Waals surface area contributed by atoms with Crippen molar-refractivity contribution in [3.63, 3.8) is 0 Å². The fourth-order valence-corrected chi connectivity index (χ4v) is 3.28. The first kappa shape index (κ1) is 11.7. The average molecular weight is 275 g/mol. The van der Waals surface area contributed by atoms with Crippen LogP contribution in [-0.2, 0) is 5.75 Å². The van der Waals surface area contributed by atoms with Gasteiger partial charge < -0.3 is 4.98 Å². The Labute approximate surface area is 114 Å². The third kappa shape index (κ3) is 2.42. The summed E-state index contributed by atoms with van der Waals surface area (Å²) in [4.78, 5) is 12.3. The highest BCUT2D eigenvalue weighted by atomic mass is 32.2. The van der Waals surface area contributed by atoms with Crippen LogP contribution in [0.1, 0.15) is 16.3 Å². The van der Waals surface area contributed by atoms with E-state index in [4.69, 9.17) is 0 Å². The first-order chi connectivity index (χ1) is 8.70. The zero-order valence-corrected chi connectivity index (χ0v) is 11.9. The molecule has 0 saturated carbocycles. The van der Waals surface area contributed by atoms with E-state index in [0.717, 1.165) is 32.6 Å². The summed E-state index contributed by atoms with van der Waals surface area (Å²) < 4.78 is 0. The lowest BCUT2D eigenvalue weighted by atomic mass is 10.2. The third-order valence-corrected chi connectivity index (χ3v) is 4.37. The van der Waals surface area contributed by atoms with Crippen LogP contribution in [0.2, 0.25) is 0 Å². The molecule has 92 valence electrons. The SMILES string of the molecule is Cc1ccc2nc(SCc3csc(C)n3)[nH]c2c1. The Kier molecular flexibility index (Phi) is 3.09. The van der Waals surface area contributed by atoms with E-state index < -0.39 is 0 Å². The molecule has 1 aromatic carbocycles. The lowest BCUT2D eigenvalue weighted by Gasteiger charge is -1.92. The van der Waals surface area contributed by atoms with E-state index in [1.807, 2.05) is 6.92 Å². The van der Waals surface area contributed by atoms with Crippen molar-refractivity contribution in [3.05, 3.63) is 39.8 Å². The van der Waals surface area contributed by atoms with Crippen LogP contribution in [0.3, 0.4) is 0 Å². The summed E-state index contributed by atoms with van der Waals surface area (Å²) >= 11 is 3.39. The van der Waals surface area contributed by atoms with Crippen LogP contribution in [0.5, 0.6) is 0 Å². The van der Waals surface area contributed by atoms with Crippen molar-refractivity contribution in [1.82, 2.24) is 15.0 Å². The number of aromatic amines is 1. The van der Waals surface area contributed by atoms with Gasteiger partial charge in [-0.05, 0) is 31.5 Å². The molecule has 0 aliphatic rings.